The molecule has 1 aromatic carbocycles. The number of rotatable bonds is 3. The van der Waals surface area contributed by atoms with Crippen molar-refractivity contribution in [3.63, 3.8) is 0 Å². The molecule has 0 spiro atoms. The standard InChI is InChI=1S/C15H21BrClN/c1-2-10-4-3-5-11(8-10)15(18)12-6-7-13(16)14(17)9-12/h6-7,9-11,15H,2-5,8,18H2,1H3. The number of hydrogen-bond donors (Lipinski definition) is 1. The summed E-state index contributed by atoms with van der Waals surface area (Å²) in [5.74, 6) is 1.47. The molecule has 1 aromatic rings. The summed E-state index contributed by atoms with van der Waals surface area (Å²) in [5.41, 5.74) is 7.60. The van der Waals surface area contributed by atoms with Crippen LogP contribution < -0.4 is 5.73 Å². The molecule has 3 heteroatoms. The maximum absolute atomic E-state index is 6.43. The fourth-order valence-electron chi connectivity index (χ4n) is 3.02. The predicted molar refractivity (Wildman–Crippen MR) is 81.8 cm³/mol. The molecule has 3 atom stereocenters. The van der Waals surface area contributed by atoms with E-state index in [9.17, 15) is 0 Å². The van der Waals surface area contributed by atoms with E-state index in [4.69, 9.17) is 17.3 Å². The van der Waals surface area contributed by atoms with E-state index >= 15 is 0 Å². The lowest BCUT2D eigenvalue weighted by molar-refractivity contribution is 0.230. The van der Waals surface area contributed by atoms with Gasteiger partial charge in [0, 0.05) is 10.5 Å². The van der Waals surface area contributed by atoms with Gasteiger partial charge in [-0.25, -0.2) is 0 Å². The zero-order valence-corrected chi connectivity index (χ0v) is 13.2. The Kier molecular flexibility index (Phi) is 5.11. The minimum Gasteiger partial charge on any atom is -0.324 e. The molecule has 0 radical (unpaired) electrons. The van der Waals surface area contributed by atoms with Crippen molar-refractivity contribution < 1.29 is 0 Å². The van der Waals surface area contributed by atoms with Gasteiger partial charge in [-0.3, -0.25) is 0 Å². The van der Waals surface area contributed by atoms with E-state index in [0.717, 1.165) is 15.4 Å². The molecule has 1 aliphatic carbocycles. The van der Waals surface area contributed by atoms with E-state index in [-0.39, 0.29) is 6.04 Å². The van der Waals surface area contributed by atoms with Gasteiger partial charge in [-0.05, 0) is 58.3 Å². The highest BCUT2D eigenvalue weighted by atomic mass is 79.9. The molecule has 2 N–H and O–H groups in total. The van der Waals surface area contributed by atoms with Crippen molar-refractivity contribution >= 4 is 27.5 Å². The Morgan fingerprint density at radius 2 is 2.22 bits per heavy atom. The molecule has 0 amide bonds. The first-order valence-electron chi connectivity index (χ1n) is 6.82. The van der Waals surface area contributed by atoms with Gasteiger partial charge in [0.2, 0.25) is 0 Å². The molecule has 2 rings (SSSR count). The van der Waals surface area contributed by atoms with Gasteiger partial charge < -0.3 is 5.73 Å². The van der Waals surface area contributed by atoms with Crippen molar-refractivity contribution in [2.45, 2.75) is 45.1 Å². The first-order chi connectivity index (χ1) is 8.61. The Morgan fingerprint density at radius 3 is 2.89 bits per heavy atom. The van der Waals surface area contributed by atoms with E-state index in [2.05, 4.69) is 28.9 Å². The first kappa shape index (κ1) is 14.4. The van der Waals surface area contributed by atoms with Crippen LogP contribution in [-0.2, 0) is 0 Å². The lowest BCUT2D eigenvalue weighted by Gasteiger charge is -2.32. The van der Waals surface area contributed by atoms with Gasteiger partial charge in [-0.15, -0.1) is 0 Å². The second-order valence-electron chi connectivity index (χ2n) is 5.40. The molecular formula is C15H21BrClN. The topological polar surface area (TPSA) is 26.0 Å². The largest absolute Gasteiger partial charge is 0.324 e. The molecule has 0 bridgehead atoms. The van der Waals surface area contributed by atoms with E-state index in [0.29, 0.717) is 5.92 Å². The van der Waals surface area contributed by atoms with E-state index in [1.807, 2.05) is 12.1 Å². The summed E-state index contributed by atoms with van der Waals surface area (Å²) in [6, 6.07) is 6.23. The SMILES string of the molecule is CCC1CCCC(C(N)c2ccc(Br)c(Cl)c2)C1. The molecule has 3 unspecified atom stereocenters. The number of nitrogens with two attached hydrogens (primary N) is 1. The fourth-order valence-corrected chi connectivity index (χ4v) is 3.46. The van der Waals surface area contributed by atoms with Gasteiger partial charge in [0.25, 0.3) is 0 Å². The second kappa shape index (κ2) is 6.40. The molecule has 0 aromatic heterocycles. The Balaban J connectivity index is 2.10. The molecule has 100 valence electrons. The van der Waals surface area contributed by atoms with Gasteiger partial charge in [0.15, 0.2) is 0 Å². The summed E-state index contributed by atoms with van der Waals surface area (Å²) < 4.78 is 0.940. The summed E-state index contributed by atoms with van der Waals surface area (Å²) in [6.07, 6.45) is 6.50. The number of benzene rings is 1. The van der Waals surface area contributed by atoms with Crippen molar-refractivity contribution in [2.24, 2.45) is 17.6 Å². The highest BCUT2D eigenvalue weighted by molar-refractivity contribution is 9.10. The van der Waals surface area contributed by atoms with Crippen LogP contribution in [0.15, 0.2) is 22.7 Å². The smallest absolute Gasteiger partial charge is 0.0551 e. The zero-order valence-electron chi connectivity index (χ0n) is 10.8. The van der Waals surface area contributed by atoms with Crippen LogP contribution in [0, 0.1) is 11.8 Å². The molecule has 1 fully saturated rings. The second-order valence-corrected chi connectivity index (χ2v) is 6.66. The zero-order chi connectivity index (χ0) is 13.1. The van der Waals surface area contributed by atoms with Crippen LogP contribution in [0.2, 0.25) is 5.02 Å². The Bertz CT molecular complexity index is 407. The average Bonchev–Trinajstić information content (AvgIpc) is 2.41. The van der Waals surface area contributed by atoms with Crippen LogP contribution in [0.3, 0.4) is 0 Å². The molecule has 18 heavy (non-hydrogen) atoms. The monoisotopic (exact) mass is 329 g/mol. The third kappa shape index (κ3) is 3.28. The molecule has 0 heterocycles. The van der Waals surface area contributed by atoms with E-state index in [1.165, 1.54) is 37.7 Å². The number of halogens is 2. The predicted octanol–water partition coefficient (Wildman–Crippen LogP) is 5.32. The van der Waals surface area contributed by atoms with Gasteiger partial charge in [-0.2, -0.15) is 0 Å². The summed E-state index contributed by atoms with van der Waals surface area (Å²) in [4.78, 5) is 0. The third-order valence-corrected chi connectivity index (χ3v) is 5.47. The van der Waals surface area contributed by atoms with Crippen LogP contribution in [0.25, 0.3) is 0 Å². The molecule has 1 saturated carbocycles. The van der Waals surface area contributed by atoms with Crippen molar-refractivity contribution in [3.8, 4) is 0 Å². The quantitative estimate of drug-likeness (QED) is 0.797. The Labute approximate surface area is 123 Å². The van der Waals surface area contributed by atoms with Gasteiger partial charge in [-0.1, -0.05) is 43.9 Å². The van der Waals surface area contributed by atoms with Crippen molar-refractivity contribution in [2.75, 3.05) is 0 Å². The molecular weight excluding hydrogens is 310 g/mol. The minimum atomic E-state index is 0.130. The molecule has 1 nitrogen and oxygen atoms in total. The Hall–Kier alpha value is -0.0500. The minimum absolute atomic E-state index is 0.130. The van der Waals surface area contributed by atoms with Crippen molar-refractivity contribution in [3.05, 3.63) is 33.3 Å². The van der Waals surface area contributed by atoms with Crippen molar-refractivity contribution in [1.29, 1.82) is 0 Å². The lowest BCUT2D eigenvalue weighted by Crippen LogP contribution is -2.26. The molecule has 0 aliphatic heterocycles. The normalized spacial score (nSPS) is 26.0. The maximum atomic E-state index is 6.43. The van der Waals surface area contributed by atoms with E-state index in [1.54, 1.807) is 0 Å². The number of hydrogen-bond acceptors (Lipinski definition) is 1. The van der Waals surface area contributed by atoms with Crippen LogP contribution in [-0.4, -0.2) is 0 Å². The van der Waals surface area contributed by atoms with Crippen molar-refractivity contribution in [1.82, 2.24) is 0 Å². The van der Waals surface area contributed by atoms with Crippen LogP contribution >= 0.6 is 27.5 Å². The van der Waals surface area contributed by atoms with Gasteiger partial charge >= 0.3 is 0 Å². The molecule has 1 aliphatic rings. The van der Waals surface area contributed by atoms with Crippen LogP contribution in [0.4, 0.5) is 0 Å². The lowest BCUT2D eigenvalue weighted by atomic mass is 9.75. The van der Waals surface area contributed by atoms with Crippen LogP contribution in [0.1, 0.15) is 50.6 Å². The van der Waals surface area contributed by atoms with E-state index < -0.39 is 0 Å². The molecule has 0 saturated heterocycles. The highest BCUT2D eigenvalue weighted by Crippen LogP contribution is 2.38. The first-order valence-corrected chi connectivity index (χ1v) is 7.99. The Morgan fingerprint density at radius 1 is 1.44 bits per heavy atom. The third-order valence-electron chi connectivity index (χ3n) is 4.24. The summed E-state index contributed by atoms with van der Waals surface area (Å²) in [7, 11) is 0. The summed E-state index contributed by atoms with van der Waals surface area (Å²) in [6.45, 7) is 2.29. The maximum Gasteiger partial charge on any atom is 0.0551 e. The summed E-state index contributed by atoms with van der Waals surface area (Å²) in [5, 5.41) is 0.755. The average molecular weight is 331 g/mol. The highest BCUT2D eigenvalue weighted by Gasteiger charge is 2.26. The van der Waals surface area contributed by atoms with Gasteiger partial charge in [0.1, 0.15) is 0 Å². The summed E-state index contributed by atoms with van der Waals surface area (Å²) >= 11 is 9.57. The fraction of sp³-hybridized carbons (Fsp3) is 0.600. The van der Waals surface area contributed by atoms with Gasteiger partial charge in [0.05, 0.1) is 5.02 Å². The van der Waals surface area contributed by atoms with Crippen LogP contribution in [0.5, 0.6) is 0 Å².